The van der Waals surface area contributed by atoms with Crippen molar-refractivity contribution >= 4 is 15.9 Å². The lowest BCUT2D eigenvalue weighted by Gasteiger charge is -2.24. The van der Waals surface area contributed by atoms with Crippen LogP contribution in [0.3, 0.4) is 0 Å². The van der Waals surface area contributed by atoms with Crippen LogP contribution in [0.25, 0.3) is 0 Å². The van der Waals surface area contributed by atoms with Gasteiger partial charge >= 0.3 is 0 Å². The van der Waals surface area contributed by atoms with Crippen LogP contribution >= 0.6 is 15.9 Å². The molecular formula is C13H19BrF2N2. The summed E-state index contributed by atoms with van der Waals surface area (Å²) in [5, 5.41) is 3.18. The molecule has 0 aromatic heterocycles. The molecule has 0 spiro atoms. The van der Waals surface area contributed by atoms with Gasteiger partial charge in [-0.2, -0.15) is 0 Å². The van der Waals surface area contributed by atoms with Crippen molar-refractivity contribution < 1.29 is 8.78 Å². The highest BCUT2D eigenvalue weighted by Crippen LogP contribution is 2.27. The monoisotopic (exact) mass is 320 g/mol. The first-order valence-electron chi connectivity index (χ1n) is 5.98. The minimum absolute atomic E-state index is 0.103. The predicted molar refractivity (Wildman–Crippen MR) is 73.6 cm³/mol. The van der Waals surface area contributed by atoms with E-state index in [1.165, 1.54) is 12.1 Å². The molecule has 1 unspecified atom stereocenters. The van der Waals surface area contributed by atoms with Gasteiger partial charge in [-0.25, -0.2) is 8.78 Å². The van der Waals surface area contributed by atoms with Gasteiger partial charge in [-0.05, 0) is 55.1 Å². The third kappa shape index (κ3) is 4.00. The Morgan fingerprint density at radius 1 is 1.33 bits per heavy atom. The van der Waals surface area contributed by atoms with E-state index in [9.17, 15) is 8.78 Å². The fourth-order valence-electron chi connectivity index (χ4n) is 1.80. The van der Waals surface area contributed by atoms with Crippen LogP contribution < -0.4 is 5.32 Å². The van der Waals surface area contributed by atoms with Crippen LogP contribution in [0.1, 0.15) is 24.9 Å². The summed E-state index contributed by atoms with van der Waals surface area (Å²) in [4.78, 5) is 1.91. The lowest BCUT2D eigenvalue weighted by Crippen LogP contribution is -2.33. The topological polar surface area (TPSA) is 15.3 Å². The van der Waals surface area contributed by atoms with Crippen LogP contribution in [0.4, 0.5) is 8.78 Å². The van der Waals surface area contributed by atoms with Crippen LogP contribution in [0.5, 0.6) is 0 Å². The highest BCUT2D eigenvalue weighted by molar-refractivity contribution is 9.10. The van der Waals surface area contributed by atoms with E-state index in [0.717, 1.165) is 13.0 Å². The number of halogens is 3. The first-order chi connectivity index (χ1) is 8.47. The van der Waals surface area contributed by atoms with Gasteiger partial charge in [0.15, 0.2) is 0 Å². The minimum Gasteiger partial charge on any atom is -0.309 e. The summed E-state index contributed by atoms with van der Waals surface area (Å²) in [6.45, 7) is 3.29. The summed E-state index contributed by atoms with van der Waals surface area (Å²) in [5.41, 5.74) is 0.103. The molecule has 0 bridgehead atoms. The number of hydrogen-bond donors (Lipinski definition) is 1. The molecule has 1 aromatic rings. The zero-order valence-corrected chi connectivity index (χ0v) is 12.5. The molecule has 0 saturated carbocycles. The average Bonchev–Trinajstić information content (AvgIpc) is 2.30. The van der Waals surface area contributed by atoms with Crippen LogP contribution in [-0.4, -0.2) is 32.1 Å². The second-order valence-electron chi connectivity index (χ2n) is 4.53. The molecular weight excluding hydrogens is 302 g/mol. The molecule has 1 aromatic carbocycles. The fourth-order valence-corrected chi connectivity index (χ4v) is 2.15. The van der Waals surface area contributed by atoms with E-state index >= 15 is 0 Å². The number of rotatable bonds is 6. The Hall–Kier alpha value is -0.520. The first-order valence-corrected chi connectivity index (χ1v) is 6.78. The zero-order valence-electron chi connectivity index (χ0n) is 10.9. The number of nitrogens with zero attached hydrogens (tertiary/aromatic N) is 1. The Balaban J connectivity index is 3.07. The standard InChI is InChI=1S/C13H19BrF2N2/c1-4-7-17-11(8-18(2)3)12-10(15)6-5-9(14)13(12)16/h5-6,11,17H,4,7-8H2,1-3H3. The molecule has 5 heteroatoms. The van der Waals surface area contributed by atoms with Gasteiger partial charge < -0.3 is 10.2 Å². The molecule has 0 radical (unpaired) electrons. The van der Waals surface area contributed by atoms with E-state index in [1.54, 1.807) is 0 Å². The van der Waals surface area contributed by atoms with Crippen molar-refractivity contribution in [1.82, 2.24) is 10.2 Å². The third-order valence-corrected chi connectivity index (χ3v) is 3.23. The average molecular weight is 321 g/mol. The van der Waals surface area contributed by atoms with Crippen molar-refractivity contribution in [1.29, 1.82) is 0 Å². The molecule has 0 amide bonds. The second kappa shape index (κ2) is 7.16. The summed E-state index contributed by atoms with van der Waals surface area (Å²) in [6, 6.07) is 2.33. The van der Waals surface area contributed by atoms with Gasteiger partial charge in [0, 0.05) is 12.1 Å². The van der Waals surface area contributed by atoms with Crippen molar-refractivity contribution in [2.45, 2.75) is 19.4 Å². The number of hydrogen-bond acceptors (Lipinski definition) is 2. The van der Waals surface area contributed by atoms with E-state index < -0.39 is 11.6 Å². The molecule has 1 N–H and O–H groups in total. The Kier molecular flexibility index (Phi) is 6.18. The van der Waals surface area contributed by atoms with E-state index in [1.807, 2.05) is 25.9 Å². The SMILES string of the molecule is CCCNC(CN(C)C)c1c(F)ccc(Br)c1F. The maximum absolute atomic E-state index is 14.0. The molecule has 0 aliphatic heterocycles. The van der Waals surface area contributed by atoms with Crippen molar-refractivity contribution in [3.63, 3.8) is 0 Å². The zero-order chi connectivity index (χ0) is 13.7. The molecule has 0 aliphatic carbocycles. The Morgan fingerprint density at radius 2 is 2.00 bits per heavy atom. The molecule has 2 nitrogen and oxygen atoms in total. The first kappa shape index (κ1) is 15.5. The summed E-state index contributed by atoms with van der Waals surface area (Å²) >= 11 is 3.10. The normalized spacial score (nSPS) is 13.1. The molecule has 1 rings (SSSR count). The number of benzene rings is 1. The highest BCUT2D eigenvalue weighted by Gasteiger charge is 2.22. The molecule has 1 atom stereocenters. The van der Waals surface area contributed by atoms with Crippen molar-refractivity contribution in [2.24, 2.45) is 0 Å². The van der Waals surface area contributed by atoms with E-state index in [2.05, 4.69) is 21.2 Å². The Labute approximate surface area is 115 Å². The highest BCUT2D eigenvalue weighted by atomic mass is 79.9. The lowest BCUT2D eigenvalue weighted by molar-refractivity contribution is 0.329. The van der Waals surface area contributed by atoms with Crippen molar-refractivity contribution in [2.75, 3.05) is 27.2 Å². The van der Waals surface area contributed by atoms with Gasteiger partial charge in [-0.15, -0.1) is 0 Å². The maximum atomic E-state index is 14.0. The van der Waals surface area contributed by atoms with Crippen molar-refractivity contribution in [3.05, 3.63) is 33.8 Å². The molecule has 0 fully saturated rings. The van der Waals surface area contributed by atoms with Crippen LogP contribution in [0, 0.1) is 11.6 Å². The molecule has 102 valence electrons. The van der Waals surface area contributed by atoms with E-state index in [-0.39, 0.29) is 11.6 Å². The predicted octanol–water partition coefficient (Wildman–Crippen LogP) is 3.33. The van der Waals surface area contributed by atoms with Crippen LogP contribution in [-0.2, 0) is 0 Å². The van der Waals surface area contributed by atoms with Gasteiger partial charge in [0.2, 0.25) is 0 Å². The minimum atomic E-state index is -0.523. The summed E-state index contributed by atoms with van der Waals surface area (Å²) in [7, 11) is 3.77. The van der Waals surface area contributed by atoms with Crippen LogP contribution in [0.15, 0.2) is 16.6 Å². The van der Waals surface area contributed by atoms with Gasteiger partial charge in [-0.3, -0.25) is 0 Å². The van der Waals surface area contributed by atoms with Gasteiger partial charge in [0.1, 0.15) is 11.6 Å². The molecule has 0 heterocycles. The fraction of sp³-hybridized carbons (Fsp3) is 0.538. The number of nitrogens with one attached hydrogen (secondary N) is 1. The molecule has 0 saturated heterocycles. The van der Waals surface area contributed by atoms with Crippen LogP contribution in [0.2, 0.25) is 0 Å². The largest absolute Gasteiger partial charge is 0.309 e. The quantitative estimate of drug-likeness (QED) is 0.809. The molecule has 18 heavy (non-hydrogen) atoms. The summed E-state index contributed by atoms with van der Waals surface area (Å²) in [6.07, 6.45) is 0.918. The Bertz CT molecular complexity index is 397. The third-order valence-electron chi connectivity index (χ3n) is 2.62. The van der Waals surface area contributed by atoms with Gasteiger partial charge in [-0.1, -0.05) is 6.92 Å². The number of likely N-dealkylation sites (N-methyl/N-ethyl adjacent to an activating group) is 1. The van der Waals surface area contributed by atoms with Gasteiger partial charge in [0.25, 0.3) is 0 Å². The summed E-state index contributed by atoms with van der Waals surface area (Å²) < 4.78 is 28.2. The summed E-state index contributed by atoms with van der Waals surface area (Å²) in [5.74, 6) is -1.03. The second-order valence-corrected chi connectivity index (χ2v) is 5.38. The van der Waals surface area contributed by atoms with Gasteiger partial charge in [0.05, 0.1) is 10.5 Å². The van der Waals surface area contributed by atoms with E-state index in [4.69, 9.17) is 0 Å². The lowest BCUT2D eigenvalue weighted by atomic mass is 10.0. The maximum Gasteiger partial charge on any atom is 0.145 e. The molecule has 0 aliphatic rings. The van der Waals surface area contributed by atoms with Crippen molar-refractivity contribution in [3.8, 4) is 0 Å². The smallest absolute Gasteiger partial charge is 0.145 e. The Morgan fingerprint density at radius 3 is 2.56 bits per heavy atom. The van der Waals surface area contributed by atoms with E-state index in [0.29, 0.717) is 11.0 Å².